The van der Waals surface area contributed by atoms with Gasteiger partial charge in [-0.15, -0.1) is 0 Å². The number of nitro groups is 1. The lowest BCUT2D eigenvalue weighted by molar-refractivity contribution is -0.531. The van der Waals surface area contributed by atoms with Crippen molar-refractivity contribution in [2.24, 2.45) is 7.05 Å². The van der Waals surface area contributed by atoms with Crippen LogP contribution in [0.4, 0.5) is 0 Å². The monoisotopic (exact) mass is 185 g/mol. The summed E-state index contributed by atoms with van der Waals surface area (Å²) in [6.07, 6.45) is 1.89. The summed E-state index contributed by atoms with van der Waals surface area (Å²) < 4.78 is 1.49. The number of aromatic nitrogens is 2. The molecule has 6 nitrogen and oxygen atoms in total. The molecule has 1 aromatic heterocycles. The van der Waals surface area contributed by atoms with Crippen LogP contribution >= 0.6 is 0 Å². The van der Waals surface area contributed by atoms with Crippen LogP contribution in [-0.4, -0.2) is 25.9 Å². The first kappa shape index (κ1) is 9.66. The summed E-state index contributed by atoms with van der Waals surface area (Å²) in [6, 6.07) is -1.01. The van der Waals surface area contributed by atoms with Crippen molar-refractivity contribution in [2.45, 2.75) is 19.1 Å². The van der Waals surface area contributed by atoms with Crippen LogP contribution in [0.5, 0.6) is 0 Å². The molecule has 2 unspecified atom stereocenters. The van der Waals surface area contributed by atoms with Crippen LogP contribution < -0.4 is 0 Å². The summed E-state index contributed by atoms with van der Waals surface area (Å²) in [5.74, 6) is 0. The molecule has 0 amide bonds. The summed E-state index contributed by atoms with van der Waals surface area (Å²) >= 11 is 0. The number of aryl methyl sites for hydroxylation is 1. The van der Waals surface area contributed by atoms with E-state index < -0.39 is 17.1 Å². The minimum Gasteiger partial charge on any atom is -0.381 e. The maximum atomic E-state index is 10.3. The molecule has 0 bridgehead atoms. The topological polar surface area (TPSA) is 81.2 Å². The molecule has 0 fully saturated rings. The van der Waals surface area contributed by atoms with Gasteiger partial charge >= 0.3 is 0 Å². The van der Waals surface area contributed by atoms with Gasteiger partial charge in [-0.3, -0.25) is 14.8 Å². The second-order valence-corrected chi connectivity index (χ2v) is 2.92. The lowest BCUT2D eigenvalue weighted by atomic mass is 10.1. The molecule has 0 radical (unpaired) electrons. The lowest BCUT2D eigenvalue weighted by Crippen LogP contribution is -2.23. The zero-order valence-corrected chi connectivity index (χ0v) is 7.41. The smallest absolute Gasteiger partial charge is 0.240 e. The average molecular weight is 185 g/mol. The van der Waals surface area contributed by atoms with Gasteiger partial charge in [-0.1, -0.05) is 0 Å². The Kier molecular flexibility index (Phi) is 2.62. The highest BCUT2D eigenvalue weighted by Gasteiger charge is 2.26. The average Bonchev–Trinajstić information content (AvgIpc) is 2.49. The van der Waals surface area contributed by atoms with Crippen molar-refractivity contribution < 1.29 is 10.0 Å². The van der Waals surface area contributed by atoms with Crippen molar-refractivity contribution in [1.82, 2.24) is 9.78 Å². The highest BCUT2D eigenvalue weighted by Crippen LogP contribution is 2.16. The molecule has 0 aromatic carbocycles. The largest absolute Gasteiger partial charge is 0.381 e. The minimum absolute atomic E-state index is 0.465. The van der Waals surface area contributed by atoms with Gasteiger partial charge in [0, 0.05) is 30.7 Å². The maximum absolute atomic E-state index is 10.3. The van der Waals surface area contributed by atoms with Crippen molar-refractivity contribution in [1.29, 1.82) is 0 Å². The Labute approximate surface area is 74.9 Å². The van der Waals surface area contributed by atoms with Gasteiger partial charge in [0.05, 0.1) is 6.20 Å². The predicted octanol–water partition coefficient (Wildman–Crippen LogP) is 0.119. The van der Waals surface area contributed by atoms with E-state index in [2.05, 4.69) is 5.10 Å². The Hall–Kier alpha value is -1.43. The predicted molar refractivity (Wildman–Crippen MR) is 44.6 cm³/mol. The minimum atomic E-state index is -1.09. The van der Waals surface area contributed by atoms with Crippen LogP contribution in [0, 0.1) is 10.1 Å². The van der Waals surface area contributed by atoms with Gasteiger partial charge in [-0.2, -0.15) is 5.10 Å². The zero-order valence-electron chi connectivity index (χ0n) is 7.41. The molecule has 0 spiro atoms. The van der Waals surface area contributed by atoms with Gasteiger partial charge in [0.25, 0.3) is 0 Å². The summed E-state index contributed by atoms with van der Waals surface area (Å²) in [5, 5.41) is 23.6. The van der Waals surface area contributed by atoms with E-state index in [9.17, 15) is 15.2 Å². The maximum Gasteiger partial charge on any atom is 0.240 e. The van der Waals surface area contributed by atoms with Crippen molar-refractivity contribution in [3.8, 4) is 0 Å². The molecule has 0 aliphatic rings. The van der Waals surface area contributed by atoms with Gasteiger partial charge in [-0.05, 0) is 0 Å². The van der Waals surface area contributed by atoms with Crippen molar-refractivity contribution in [2.75, 3.05) is 0 Å². The van der Waals surface area contributed by atoms with E-state index in [1.807, 2.05) is 0 Å². The third-order valence-corrected chi connectivity index (χ3v) is 1.86. The van der Waals surface area contributed by atoms with E-state index in [1.165, 1.54) is 17.8 Å². The van der Waals surface area contributed by atoms with E-state index in [0.717, 1.165) is 0 Å². The first-order valence-corrected chi connectivity index (χ1v) is 3.82. The zero-order chi connectivity index (χ0) is 10.0. The van der Waals surface area contributed by atoms with E-state index in [-0.39, 0.29) is 0 Å². The molecule has 6 heteroatoms. The van der Waals surface area contributed by atoms with Crippen molar-refractivity contribution in [3.63, 3.8) is 0 Å². The number of rotatable bonds is 3. The highest BCUT2D eigenvalue weighted by molar-refractivity contribution is 5.08. The molecular formula is C7H11N3O3. The third-order valence-electron chi connectivity index (χ3n) is 1.86. The van der Waals surface area contributed by atoms with Crippen LogP contribution in [0.1, 0.15) is 18.6 Å². The van der Waals surface area contributed by atoms with Crippen molar-refractivity contribution in [3.05, 3.63) is 28.1 Å². The molecule has 13 heavy (non-hydrogen) atoms. The molecule has 1 rings (SSSR count). The molecule has 1 heterocycles. The van der Waals surface area contributed by atoms with Crippen LogP contribution in [0.2, 0.25) is 0 Å². The fourth-order valence-corrected chi connectivity index (χ4v) is 0.987. The standard InChI is InChI=1S/C7H11N3O3/c1-5(10(12)13)7(11)6-3-8-9(2)4-6/h3-5,7,11H,1-2H3. The molecule has 1 N–H and O–H groups in total. The van der Waals surface area contributed by atoms with Crippen molar-refractivity contribution >= 4 is 0 Å². The second-order valence-electron chi connectivity index (χ2n) is 2.92. The van der Waals surface area contributed by atoms with Gasteiger partial charge in [0.2, 0.25) is 6.04 Å². The molecule has 0 saturated carbocycles. The van der Waals surface area contributed by atoms with Gasteiger partial charge in [0.1, 0.15) is 6.10 Å². The molecule has 0 aliphatic heterocycles. The summed E-state index contributed by atoms with van der Waals surface area (Å²) in [4.78, 5) is 9.82. The normalized spacial score (nSPS) is 15.3. The number of nitrogens with zero attached hydrogens (tertiary/aromatic N) is 3. The van der Waals surface area contributed by atoms with E-state index in [1.54, 1.807) is 13.2 Å². The molecule has 0 aliphatic carbocycles. The first-order valence-electron chi connectivity index (χ1n) is 3.82. The number of aliphatic hydroxyl groups excluding tert-OH is 1. The van der Waals surface area contributed by atoms with E-state index in [0.29, 0.717) is 5.56 Å². The second kappa shape index (κ2) is 3.53. The summed E-state index contributed by atoms with van der Waals surface area (Å²) in [5.41, 5.74) is 0.465. The third kappa shape index (κ3) is 2.03. The Balaban J connectivity index is 2.78. The number of hydrogen-bond acceptors (Lipinski definition) is 4. The molecular weight excluding hydrogens is 174 g/mol. The van der Waals surface area contributed by atoms with Crippen LogP contribution in [0.3, 0.4) is 0 Å². The summed E-state index contributed by atoms with van der Waals surface area (Å²) in [7, 11) is 1.69. The van der Waals surface area contributed by atoms with Gasteiger partial charge in [-0.25, -0.2) is 0 Å². The van der Waals surface area contributed by atoms with E-state index in [4.69, 9.17) is 0 Å². The SMILES string of the molecule is CC(C(O)c1cnn(C)c1)[N+](=O)[O-]. The quantitative estimate of drug-likeness (QED) is 0.535. The first-order chi connectivity index (χ1) is 6.02. The highest BCUT2D eigenvalue weighted by atomic mass is 16.6. The summed E-state index contributed by atoms with van der Waals surface area (Å²) in [6.45, 7) is 1.36. The lowest BCUT2D eigenvalue weighted by Gasteiger charge is -2.09. The molecule has 1 aromatic rings. The van der Waals surface area contributed by atoms with Gasteiger partial charge in [0.15, 0.2) is 0 Å². The van der Waals surface area contributed by atoms with Crippen LogP contribution in [-0.2, 0) is 7.05 Å². The Bertz CT molecular complexity index is 310. The fourth-order valence-electron chi connectivity index (χ4n) is 0.987. The molecule has 72 valence electrons. The molecule has 0 saturated heterocycles. The fraction of sp³-hybridized carbons (Fsp3) is 0.571. The Morgan fingerprint density at radius 2 is 2.38 bits per heavy atom. The Morgan fingerprint density at radius 1 is 1.77 bits per heavy atom. The molecule has 2 atom stereocenters. The van der Waals surface area contributed by atoms with Crippen LogP contribution in [0.15, 0.2) is 12.4 Å². The Morgan fingerprint density at radius 3 is 2.77 bits per heavy atom. The number of hydrogen-bond donors (Lipinski definition) is 1. The van der Waals surface area contributed by atoms with Gasteiger partial charge < -0.3 is 5.11 Å². The number of aliphatic hydroxyl groups is 1. The van der Waals surface area contributed by atoms with Crippen LogP contribution in [0.25, 0.3) is 0 Å². The van der Waals surface area contributed by atoms with E-state index >= 15 is 0 Å².